The SMILES string of the molecule is CC(C)c1nnc(NC(=O)C2CC(=O)N(c3n[nH]c4cccc(F)c34)C2)s1. The van der Waals surface area contributed by atoms with Gasteiger partial charge in [0, 0.05) is 18.9 Å². The monoisotopic (exact) mass is 388 g/mol. The summed E-state index contributed by atoms with van der Waals surface area (Å²) in [6.45, 7) is 4.12. The number of fused-ring (bicyclic) bond motifs is 1. The van der Waals surface area contributed by atoms with Crippen LogP contribution in [0.15, 0.2) is 18.2 Å². The Labute approximate surface area is 157 Å². The van der Waals surface area contributed by atoms with Gasteiger partial charge in [-0.3, -0.25) is 19.6 Å². The molecule has 140 valence electrons. The summed E-state index contributed by atoms with van der Waals surface area (Å²) in [4.78, 5) is 26.3. The van der Waals surface area contributed by atoms with Crippen molar-refractivity contribution in [1.82, 2.24) is 20.4 Å². The Kier molecular flexibility index (Phi) is 4.34. The van der Waals surface area contributed by atoms with Crippen molar-refractivity contribution in [2.75, 3.05) is 16.8 Å². The summed E-state index contributed by atoms with van der Waals surface area (Å²) in [7, 11) is 0. The summed E-state index contributed by atoms with van der Waals surface area (Å²) in [5, 5.41) is 19.0. The average molecular weight is 388 g/mol. The molecule has 1 saturated heterocycles. The van der Waals surface area contributed by atoms with E-state index in [4.69, 9.17) is 0 Å². The van der Waals surface area contributed by atoms with Gasteiger partial charge < -0.3 is 5.32 Å². The number of hydrogen-bond acceptors (Lipinski definition) is 6. The van der Waals surface area contributed by atoms with Gasteiger partial charge in [-0.2, -0.15) is 5.10 Å². The van der Waals surface area contributed by atoms with Crippen LogP contribution in [0.3, 0.4) is 0 Å². The first kappa shape index (κ1) is 17.5. The maximum atomic E-state index is 14.2. The molecule has 1 aliphatic rings. The van der Waals surface area contributed by atoms with Gasteiger partial charge in [-0.15, -0.1) is 10.2 Å². The number of rotatable bonds is 4. The van der Waals surface area contributed by atoms with Crippen molar-refractivity contribution in [3.8, 4) is 0 Å². The maximum Gasteiger partial charge on any atom is 0.231 e. The summed E-state index contributed by atoms with van der Waals surface area (Å²) in [5.74, 6) is -1.18. The second-order valence-corrected chi connectivity index (χ2v) is 7.71. The van der Waals surface area contributed by atoms with Crippen molar-refractivity contribution in [2.45, 2.75) is 26.2 Å². The molecule has 3 heterocycles. The Hall–Kier alpha value is -2.88. The Balaban J connectivity index is 1.52. The van der Waals surface area contributed by atoms with Gasteiger partial charge in [-0.25, -0.2) is 4.39 Å². The van der Waals surface area contributed by atoms with Gasteiger partial charge in [0.15, 0.2) is 5.82 Å². The van der Waals surface area contributed by atoms with Crippen molar-refractivity contribution in [3.63, 3.8) is 0 Å². The number of aromatic amines is 1. The molecular formula is C17H17FN6O2S. The summed E-state index contributed by atoms with van der Waals surface area (Å²) >= 11 is 1.31. The minimum atomic E-state index is -0.567. The van der Waals surface area contributed by atoms with Gasteiger partial charge in [0.1, 0.15) is 10.8 Å². The molecule has 1 aliphatic heterocycles. The number of halogens is 1. The number of nitrogens with one attached hydrogen (secondary N) is 2. The summed E-state index contributed by atoms with van der Waals surface area (Å²) in [5.41, 5.74) is 0.501. The van der Waals surface area contributed by atoms with Crippen molar-refractivity contribution in [3.05, 3.63) is 29.0 Å². The summed E-state index contributed by atoms with van der Waals surface area (Å²) in [6, 6.07) is 4.56. The van der Waals surface area contributed by atoms with Gasteiger partial charge in [0.25, 0.3) is 0 Å². The van der Waals surface area contributed by atoms with E-state index in [0.717, 1.165) is 5.01 Å². The van der Waals surface area contributed by atoms with Crippen LogP contribution < -0.4 is 10.2 Å². The van der Waals surface area contributed by atoms with Crippen molar-refractivity contribution in [1.29, 1.82) is 0 Å². The quantitative estimate of drug-likeness (QED) is 0.715. The van der Waals surface area contributed by atoms with Gasteiger partial charge in [-0.05, 0) is 12.1 Å². The number of aromatic nitrogens is 4. The molecule has 0 spiro atoms. The minimum absolute atomic E-state index is 0.0322. The zero-order valence-corrected chi connectivity index (χ0v) is 15.5. The zero-order chi connectivity index (χ0) is 19.1. The standard InChI is InChI=1S/C17H17FN6O2S/c1-8(2)16-22-23-17(27-16)19-15(26)9-6-12(25)24(7-9)14-13-10(18)4-3-5-11(13)20-21-14/h3-5,8-9H,6-7H2,1-2H3,(H,20,21)(H,19,23,26). The molecule has 0 aliphatic carbocycles. The molecule has 0 bridgehead atoms. The fraction of sp³-hybridized carbons (Fsp3) is 0.353. The first-order valence-electron chi connectivity index (χ1n) is 8.51. The second-order valence-electron chi connectivity index (χ2n) is 6.70. The van der Waals surface area contributed by atoms with Crippen molar-refractivity contribution < 1.29 is 14.0 Å². The van der Waals surface area contributed by atoms with Crippen LogP contribution in [0.5, 0.6) is 0 Å². The van der Waals surface area contributed by atoms with Gasteiger partial charge in [0.2, 0.25) is 16.9 Å². The molecule has 4 rings (SSSR count). The molecule has 2 N–H and O–H groups in total. The number of nitrogens with zero attached hydrogens (tertiary/aromatic N) is 4. The first-order chi connectivity index (χ1) is 12.9. The average Bonchev–Trinajstić information content (AvgIpc) is 3.33. The van der Waals surface area contributed by atoms with Crippen molar-refractivity contribution in [2.24, 2.45) is 5.92 Å². The summed E-state index contributed by atoms with van der Waals surface area (Å²) < 4.78 is 14.2. The molecule has 10 heteroatoms. The van der Waals surface area contributed by atoms with E-state index in [-0.39, 0.29) is 41.9 Å². The Bertz CT molecular complexity index is 1030. The van der Waals surface area contributed by atoms with E-state index >= 15 is 0 Å². The largest absolute Gasteiger partial charge is 0.300 e. The molecular weight excluding hydrogens is 371 g/mol. The zero-order valence-electron chi connectivity index (χ0n) is 14.7. The summed E-state index contributed by atoms with van der Waals surface area (Å²) in [6.07, 6.45) is 0.0322. The third kappa shape index (κ3) is 3.16. The number of benzene rings is 1. The minimum Gasteiger partial charge on any atom is -0.300 e. The van der Waals surface area contributed by atoms with E-state index in [9.17, 15) is 14.0 Å². The van der Waals surface area contributed by atoms with Crippen LogP contribution in [0.4, 0.5) is 15.3 Å². The molecule has 0 radical (unpaired) electrons. The van der Waals surface area contributed by atoms with Crippen molar-refractivity contribution >= 4 is 45.0 Å². The van der Waals surface area contributed by atoms with Crippen LogP contribution in [-0.4, -0.2) is 38.8 Å². The molecule has 1 fully saturated rings. The predicted molar refractivity (Wildman–Crippen MR) is 99.1 cm³/mol. The van der Waals surface area contributed by atoms with E-state index in [1.54, 1.807) is 12.1 Å². The van der Waals surface area contributed by atoms with Crippen LogP contribution in [0.2, 0.25) is 0 Å². The number of anilines is 2. The Morgan fingerprint density at radius 2 is 2.22 bits per heavy atom. The topological polar surface area (TPSA) is 104 Å². The highest BCUT2D eigenvalue weighted by molar-refractivity contribution is 7.15. The number of carbonyl (C=O) groups is 2. The van der Waals surface area contributed by atoms with Gasteiger partial charge in [0.05, 0.1) is 16.8 Å². The Morgan fingerprint density at radius 1 is 1.41 bits per heavy atom. The van der Waals surface area contributed by atoms with Crippen LogP contribution in [0, 0.1) is 11.7 Å². The molecule has 8 nitrogen and oxygen atoms in total. The van der Waals surface area contributed by atoms with Gasteiger partial charge >= 0.3 is 0 Å². The highest BCUT2D eigenvalue weighted by atomic mass is 32.1. The number of carbonyl (C=O) groups excluding carboxylic acids is 2. The van der Waals surface area contributed by atoms with E-state index in [2.05, 4.69) is 25.7 Å². The van der Waals surface area contributed by atoms with E-state index in [1.807, 2.05) is 13.8 Å². The van der Waals surface area contributed by atoms with Gasteiger partial charge in [-0.1, -0.05) is 31.3 Å². The number of amides is 2. The predicted octanol–water partition coefficient (Wildman–Crippen LogP) is 2.67. The van der Waals surface area contributed by atoms with E-state index in [0.29, 0.717) is 10.6 Å². The highest BCUT2D eigenvalue weighted by Gasteiger charge is 2.37. The first-order valence-corrected chi connectivity index (χ1v) is 9.33. The van der Waals surface area contributed by atoms with E-state index in [1.165, 1.54) is 22.3 Å². The highest BCUT2D eigenvalue weighted by Crippen LogP contribution is 2.32. The second kappa shape index (κ2) is 6.69. The molecule has 2 aromatic heterocycles. The Morgan fingerprint density at radius 3 is 2.96 bits per heavy atom. The lowest BCUT2D eigenvalue weighted by molar-refractivity contribution is -0.122. The fourth-order valence-electron chi connectivity index (χ4n) is 3.02. The number of hydrogen-bond donors (Lipinski definition) is 2. The lowest BCUT2D eigenvalue weighted by Crippen LogP contribution is -2.28. The molecule has 27 heavy (non-hydrogen) atoms. The molecule has 1 aromatic carbocycles. The third-order valence-corrected chi connectivity index (χ3v) is 5.57. The van der Waals surface area contributed by atoms with Crippen LogP contribution in [-0.2, 0) is 9.59 Å². The fourth-order valence-corrected chi connectivity index (χ4v) is 3.77. The molecule has 0 saturated carbocycles. The van der Waals surface area contributed by atoms with Crippen LogP contribution in [0.1, 0.15) is 31.2 Å². The maximum absolute atomic E-state index is 14.2. The third-order valence-electron chi connectivity index (χ3n) is 4.44. The molecule has 2 amide bonds. The van der Waals surface area contributed by atoms with Crippen LogP contribution in [0.25, 0.3) is 10.9 Å². The molecule has 3 aromatic rings. The molecule has 1 unspecified atom stereocenters. The van der Waals surface area contributed by atoms with Crippen LogP contribution >= 0.6 is 11.3 Å². The molecule has 1 atom stereocenters. The van der Waals surface area contributed by atoms with E-state index < -0.39 is 11.7 Å². The lowest BCUT2D eigenvalue weighted by atomic mass is 10.1. The number of H-pyrrole nitrogens is 1. The smallest absolute Gasteiger partial charge is 0.231 e. The normalized spacial score (nSPS) is 17.3. The lowest BCUT2D eigenvalue weighted by Gasteiger charge is -2.14.